The number of benzene rings is 2. The highest BCUT2D eigenvalue weighted by atomic mass is 15.1. The number of para-hydroxylation sites is 1. The van der Waals surface area contributed by atoms with Crippen LogP contribution in [0.25, 0.3) is 0 Å². The van der Waals surface area contributed by atoms with E-state index in [1.807, 2.05) is 0 Å². The fraction of sp³-hybridized carbons (Fsp3) is 0.188. The van der Waals surface area contributed by atoms with E-state index in [4.69, 9.17) is 0 Å². The summed E-state index contributed by atoms with van der Waals surface area (Å²) in [5, 5.41) is 0. The lowest BCUT2D eigenvalue weighted by molar-refractivity contribution is 0.731. The van der Waals surface area contributed by atoms with Crippen molar-refractivity contribution in [2.45, 2.75) is 13.0 Å². The van der Waals surface area contributed by atoms with Crippen molar-refractivity contribution < 1.29 is 0 Å². The van der Waals surface area contributed by atoms with Crippen LogP contribution in [0.1, 0.15) is 16.7 Å². The highest BCUT2D eigenvalue weighted by molar-refractivity contribution is 5.49. The van der Waals surface area contributed by atoms with Crippen molar-refractivity contribution >= 4 is 5.69 Å². The fourth-order valence-corrected chi connectivity index (χ4v) is 2.47. The summed E-state index contributed by atoms with van der Waals surface area (Å²) in [5.74, 6) is 0. The number of fused-ring (bicyclic) bond motifs is 1. The number of hydrogen-bond donors (Lipinski definition) is 0. The molecule has 0 aliphatic carbocycles. The van der Waals surface area contributed by atoms with Crippen molar-refractivity contribution in [2.24, 2.45) is 0 Å². The normalized spacial score (nSPS) is 14.5. The summed E-state index contributed by atoms with van der Waals surface area (Å²) in [7, 11) is 0. The van der Waals surface area contributed by atoms with Crippen molar-refractivity contribution in [3.8, 4) is 0 Å². The van der Waals surface area contributed by atoms with E-state index in [1.54, 1.807) is 0 Å². The topological polar surface area (TPSA) is 3.24 Å². The molecule has 2 aromatic rings. The van der Waals surface area contributed by atoms with Gasteiger partial charge in [0.15, 0.2) is 0 Å². The Morgan fingerprint density at radius 3 is 2.59 bits per heavy atom. The third-order valence-corrected chi connectivity index (χ3v) is 3.40. The van der Waals surface area contributed by atoms with E-state index < -0.39 is 0 Å². The van der Waals surface area contributed by atoms with Crippen LogP contribution in [-0.4, -0.2) is 6.54 Å². The van der Waals surface area contributed by atoms with Gasteiger partial charge in [-0.05, 0) is 42.2 Å². The molecule has 0 amide bonds. The van der Waals surface area contributed by atoms with Gasteiger partial charge in [0.25, 0.3) is 0 Å². The molecule has 1 aliphatic heterocycles. The molecule has 0 atom stereocenters. The van der Waals surface area contributed by atoms with Crippen molar-refractivity contribution in [3.63, 3.8) is 0 Å². The summed E-state index contributed by atoms with van der Waals surface area (Å²) >= 11 is 0. The van der Waals surface area contributed by atoms with Crippen LogP contribution in [0.3, 0.4) is 0 Å². The minimum Gasteiger partial charge on any atom is -0.367 e. The molecule has 1 heteroatoms. The van der Waals surface area contributed by atoms with E-state index in [0.29, 0.717) is 0 Å². The minimum atomic E-state index is 1.01. The third-order valence-electron chi connectivity index (χ3n) is 3.40. The fourth-order valence-electron chi connectivity index (χ4n) is 2.47. The monoisotopic (exact) mass is 222 g/mol. The predicted octanol–water partition coefficient (Wildman–Crippen LogP) is 3.43. The second kappa shape index (κ2) is 4.25. The van der Waals surface area contributed by atoms with Crippen molar-refractivity contribution in [3.05, 3.63) is 72.1 Å². The van der Waals surface area contributed by atoms with Gasteiger partial charge in [0.1, 0.15) is 0 Å². The number of rotatable bonds is 1. The van der Waals surface area contributed by atoms with Crippen molar-refractivity contribution in [1.29, 1.82) is 0 Å². The molecule has 1 nitrogen and oxygen atoms in total. The first-order valence-corrected chi connectivity index (χ1v) is 6.07. The quantitative estimate of drug-likeness (QED) is 0.714. The molecule has 0 saturated heterocycles. The molecule has 17 heavy (non-hydrogen) atoms. The Hall–Kier alpha value is -1.76. The molecule has 0 N–H and O–H groups in total. The van der Waals surface area contributed by atoms with Crippen molar-refractivity contribution in [1.82, 2.24) is 0 Å². The van der Waals surface area contributed by atoms with E-state index >= 15 is 0 Å². The molecule has 1 heterocycles. The second-order valence-corrected chi connectivity index (χ2v) is 4.61. The van der Waals surface area contributed by atoms with Gasteiger partial charge in [-0.25, -0.2) is 0 Å². The molecular weight excluding hydrogens is 206 g/mol. The summed E-state index contributed by atoms with van der Waals surface area (Å²) in [6, 6.07) is 17.2. The van der Waals surface area contributed by atoms with Gasteiger partial charge in [0.2, 0.25) is 0 Å². The van der Waals surface area contributed by atoms with Gasteiger partial charge in [-0.15, -0.1) is 0 Å². The molecule has 0 spiro atoms. The Kier molecular flexibility index (Phi) is 2.60. The van der Waals surface area contributed by atoms with Crippen molar-refractivity contribution in [2.75, 3.05) is 11.4 Å². The van der Waals surface area contributed by atoms with Gasteiger partial charge in [-0.3, -0.25) is 0 Å². The first-order chi connectivity index (χ1) is 8.33. The Bertz CT molecular complexity index is 516. The second-order valence-electron chi connectivity index (χ2n) is 4.61. The summed E-state index contributed by atoms with van der Waals surface area (Å²) in [6.07, 6.45) is 1.12. The van der Waals surface area contributed by atoms with Crippen LogP contribution in [0.5, 0.6) is 0 Å². The molecule has 0 unspecified atom stereocenters. The maximum Gasteiger partial charge on any atom is 0.0432 e. The number of hydrogen-bond acceptors (Lipinski definition) is 1. The largest absolute Gasteiger partial charge is 0.367 e. The molecule has 3 rings (SSSR count). The molecule has 0 aromatic heterocycles. The van der Waals surface area contributed by atoms with Gasteiger partial charge in [-0.1, -0.05) is 36.4 Å². The number of anilines is 1. The first kappa shape index (κ1) is 10.4. The molecule has 0 saturated carbocycles. The van der Waals surface area contributed by atoms with E-state index in [0.717, 1.165) is 25.1 Å². The van der Waals surface area contributed by atoms with Crippen LogP contribution in [0.15, 0.2) is 48.5 Å². The average molecular weight is 222 g/mol. The summed E-state index contributed by atoms with van der Waals surface area (Å²) in [5.41, 5.74) is 5.34. The Balaban J connectivity index is 1.88. The maximum absolute atomic E-state index is 3.99. The average Bonchev–Trinajstić information content (AvgIpc) is 2.39. The third kappa shape index (κ3) is 2.05. The van der Waals surface area contributed by atoms with Gasteiger partial charge < -0.3 is 4.90 Å². The van der Waals surface area contributed by atoms with Gasteiger partial charge >= 0.3 is 0 Å². The summed E-state index contributed by atoms with van der Waals surface area (Å²) < 4.78 is 0. The Morgan fingerprint density at radius 1 is 0.941 bits per heavy atom. The van der Waals surface area contributed by atoms with Crippen LogP contribution in [0.2, 0.25) is 0 Å². The van der Waals surface area contributed by atoms with E-state index in [9.17, 15) is 0 Å². The summed E-state index contributed by atoms with van der Waals surface area (Å²) in [6.45, 7) is 6.10. The highest BCUT2D eigenvalue weighted by Crippen LogP contribution is 2.24. The van der Waals surface area contributed by atoms with Crippen LogP contribution in [-0.2, 0) is 13.0 Å². The number of nitrogens with zero attached hydrogens (tertiary/aromatic N) is 1. The molecule has 85 valence electrons. The lowest BCUT2D eigenvalue weighted by atomic mass is 9.97. The molecule has 1 radical (unpaired) electrons. The highest BCUT2D eigenvalue weighted by Gasteiger charge is 2.15. The zero-order valence-electron chi connectivity index (χ0n) is 9.89. The lowest BCUT2D eigenvalue weighted by Gasteiger charge is -2.31. The van der Waals surface area contributed by atoms with Crippen LogP contribution >= 0.6 is 0 Å². The molecule has 2 aromatic carbocycles. The Labute approximate surface area is 103 Å². The predicted molar refractivity (Wildman–Crippen MR) is 72.1 cm³/mol. The standard InChI is InChI=1S/C16H16N/c1-13-7-8-15-12-17(10-9-14(15)11-13)16-5-3-2-4-6-16/h2-8,11H,1,9-10,12H2. The Morgan fingerprint density at radius 2 is 1.76 bits per heavy atom. The summed E-state index contributed by atoms with van der Waals surface area (Å²) in [4.78, 5) is 2.44. The van der Waals surface area contributed by atoms with Crippen LogP contribution in [0.4, 0.5) is 5.69 Å². The SMILES string of the molecule is [CH2]c1ccc2c(c1)CCN(c1ccccc1)C2. The van der Waals surface area contributed by atoms with E-state index in [-0.39, 0.29) is 0 Å². The lowest BCUT2D eigenvalue weighted by Crippen LogP contribution is -2.30. The zero-order chi connectivity index (χ0) is 11.7. The van der Waals surface area contributed by atoms with E-state index in [2.05, 4.69) is 60.4 Å². The minimum absolute atomic E-state index is 1.01. The molecular formula is C16H16N. The van der Waals surface area contributed by atoms with Crippen LogP contribution < -0.4 is 4.90 Å². The maximum atomic E-state index is 3.99. The van der Waals surface area contributed by atoms with Gasteiger partial charge in [0.05, 0.1) is 0 Å². The molecule has 0 fully saturated rings. The van der Waals surface area contributed by atoms with Gasteiger partial charge in [0, 0.05) is 18.8 Å². The van der Waals surface area contributed by atoms with Crippen LogP contribution in [0, 0.1) is 6.92 Å². The zero-order valence-corrected chi connectivity index (χ0v) is 9.89. The van der Waals surface area contributed by atoms with Gasteiger partial charge in [-0.2, -0.15) is 0 Å². The smallest absolute Gasteiger partial charge is 0.0432 e. The molecule has 0 bridgehead atoms. The van der Waals surface area contributed by atoms with E-state index in [1.165, 1.54) is 16.8 Å². The molecule has 1 aliphatic rings. The first-order valence-electron chi connectivity index (χ1n) is 6.07.